The van der Waals surface area contributed by atoms with Crippen molar-refractivity contribution in [3.05, 3.63) is 58.5 Å². The average molecular weight is 643 g/mol. The number of nitrogens with two attached hydrogens (primary N) is 1. The van der Waals surface area contributed by atoms with Gasteiger partial charge in [0.2, 0.25) is 11.6 Å². The number of amides is 2. The van der Waals surface area contributed by atoms with E-state index in [-0.39, 0.29) is 35.1 Å². The van der Waals surface area contributed by atoms with Crippen molar-refractivity contribution in [2.75, 3.05) is 33.9 Å². The van der Waals surface area contributed by atoms with Gasteiger partial charge in [-0.3, -0.25) is 14.4 Å². The first-order valence-electron chi connectivity index (χ1n) is 15.9. The van der Waals surface area contributed by atoms with Crippen LogP contribution in [0.5, 0.6) is 0 Å². The van der Waals surface area contributed by atoms with Crippen LogP contribution in [-0.4, -0.2) is 86.9 Å². The molecule has 0 aromatic heterocycles. The van der Waals surface area contributed by atoms with Crippen LogP contribution in [0.3, 0.4) is 0 Å². The summed E-state index contributed by atoms with van der Waals surface area (Å²) in [6, 6.07) is 0. The van der Waals surface area contributed by atoms with Crippen molar-refractivity contribution in [2.24, 2.45) is 23.5 Å². The molecule has 1 saturated heterocycles. The number of hydrogen-bond donors (Lipinski definition) is 5. The maximum Gasteiger partial charge on any atom is 0.405 e. The Morgan fingerprint density at radius 1 is 1.11 bits per heavy atom. The molecule has 3 rings (SSSR count). The van der Waals surface area contributed by atoms with Gasteiger partial charge in [-0.25, -0.2) is 4.79 Å². The first-order chi connectivity index (χ1) is 21.9. The minimum atomic E-state index is -0.994. The van der Waals surface area contributed by atoms with Crippen LogP contribution in [0.15, 0.2) is 58.5 Å². The number of fused-ring (bicyclic) bond motifs is 2. The standard InChI is InChI=1S/C34H50N4O8/c1-19-14-24-29(37-18-23-10-12-36-13-11-23)26(39)17-25(31(24)41)38-33(42)20(2)8-7-9-27(44-5)32(46-34(35)43)22(4)16-21(3)30(40)28(15-19)45-6/h7-9,16-17,19,21,23,27-28,30,32,36-37,40H,10-15,18H2,1-6H3,(H2,35,43)(H,38,42)/b9-7-,20-8+,22-16+/t19-,21+,27+,28+,30-,32+/m1/s1. The molecular formula is C34H50N4O8. The number of carbonyl (C=O) groups is 4. The summed E-state index contributed by atoms with van der Waals surface area (Å²) in [6.45, 7) is 9.43. The summed E-state index contributed by atoms with van der Waals surface area (Å²) in [5.41, 5.74) is 6.68. The maximum atomic E-state index is 13.8. The van der Waals surface area contributed by atoms with Crippen LogP contribution in [0.2, 0.25) is 0 Å². The number of primary amides is 1. The molecule has 2 bridgehead atoms. The molecule has 46 heavy (non-hydrogen) atoms. The summed E-state index contributed by atoms with van der Waals surface area (Å²) < 4.78 is 16.7. The topological polar surface area (TPSA) is 178 Å². The number of ketones is 2. The monoisotopic (exact) mass is 642 g/mol. The van der Waals surface area contributed by atoms with Crippen LogP contribution in [-0.2, 0) is 28.6 Å². The predicted molar refractivity (Wildman–Crippen MR) is 173 cm³/mol. The van der Waals surface area contributed by atoms with E-state index in [0.717, 1.165) is 25.9 Å². The van der Waals surface area contributed by atoms with E-state index in [2.05, 4.69) is 16.0 Å². The van der Waals surface area contributed by atoms with Gasteiger partial charge in [-0.05, 0) is 70.0 Å². The summed E-state index contributed by atoms with van der Waals surface area (Å²) in [6.07, 6.45) is 5.93. The third kappa shape index (κ3) is 9.96. The van der Waals surface area contributed by atoms with Crippen molar-refractivity contribution in [3.8, 4) is 0 Å². The largest absolute Gasteiger partial charge is 0.439 e. The van der Waals surface area contributed by atoms with Crippen molar-refractivity contribution in [3.63, 3.8) is 0 Å². The molecule has 254 valence electrons. The van der Waals surface area contributed by atoms with E-state index < -0.39 is 48.1 Å². The third-order valence-corrected chi connectivity index (χ3v) is 8.82. The summed E-state index contributed by atoms with van der Waals surface area (Å²) >= 11 is 0. The molecule has 0 aromatic rings. The maximum absolute atomic E-state index is 13.8. The van der Waals surface area contributed by atoms with Crippen molar-refractivity contribution in [2.45, 2.75) is 77.8 Å². The number of hydrogen-bond acceptors (Lipinski definition) is 10. The summed E-state index contributed by atoms with van der Waals surface area (Å²) in [5, 5.41) is 20.6. The van der Waals surface area contributed by atoms with Crippen LogP contribution in [0.1, 0.15) is 53.4 Å². The van der Waals surface area contributed by atoms with E-state index in [1.165, 1.54) is 26.4 Å². The molecule has 6 N–H and O–H groups in total. The fourth-order valence-corrected chi connectivity index (χ4v) is 6.11. The Kier molecular flexibility index (Phi) is 13.9. The minimum Gasteiger partial charge on any atom is -0.439 e. The van der Waals surface area contributed by atoms with Crippen molar-refractivity contribution >= 4 is 23.6 Å². The summed E-state index contributed by atoms with van der Waals surface area (Å²) in [4.78, 5) is 52.2. The van der Waals surface area contributed by atoms with Crippen LogP contribution < -0.4 is 21.7 Å². The zero-order valence-corrected chi connectivity index (χ0v) is 27.8. The number of methoxy groups -OCH3 is 2. The SMILES string of the molecule is CO[C@H]1/C=C\C=C(/C)C(=O)NC2=CC(=O)C(NCC3CCNCC3)=C(C[C@@H](C)C[C@H](OC)[C@H](O)[C@@H](C)/C=C(\C)[C@@H]1OC(N)=O)C2=O. The zero-order chi connectivity index (χ0) is 34.0. The van der Waals surface area contributed by atoms with E-state index in [4.69, 9.17) is 19.9 Å². The molecule has 0 radical (unpaired) electrons. The quantitative estimate of drug-likeness (QED) is 0.213. The second-order valence-electron chi connectivity index (χ2n) is 12.5. The highest BCUT2D eigenvalue weighted by molar-refractivity contribution is 6.23. The van der Waals surface area contributed by atoms with Gasteiger partial charge in [0.25, 0.3) is 5.91 Å². The van der Waals surface area contributed by atoms with Crippen molar-refractivity contribution < 1.29 is 38.5 Å². The second-order valence-corrected chi connectivity index (χ2v) is 12.5. The number of carbonyl (C=O) groups excluding carboxylic acids is 4. The lowest BCUT2D eigenvalue weighted by Gasteiger charge is -2.30. The van der Waals surface area contributed by atoms with Gasteiger partial charge >= 0.3 is 6.09 Å². The van der Waals surface area contributed by atoms with E-state index in [0.29, 0.717) is 30.0 Å². The van der Waals surface area contributed by atoms with Gasteiger partial charge in [0.05, 0.1) is 23.6 Å². The Labute approximate surface area is 271 Å². The Morgan fingerprint density at radius 3 is 2.43 bits per heavy atom. The van der Waals surface area contributed by atoms with Crippen molar-refractivity contribution in [1.29, 1.82) is 0 Å². The van der Waals surface area contributed by atoms with E-state index in [1.54, 1.807) is 32.1 Å². The Bertz CT molecular complexity index is 1290. The molecule has 2 aliphatic heterocycles. The lowest BCUT2D eigenvalue weighted by molar-refractivity contribution is -0.120. The van der Waals surface area contributed by atoms with Crippen molar-refractivity contribution in [1.82, 2.24) is 16.0 Å². The molecule has 6 atom stereocenters. The number of allylic oxidation sites excluding steroid dienone is 4. The molecule has 12 heteroatoms. The molecule has 2 amide bonds. The summed E-state index contributed by atoms with van der Waals surface area (Å²) in [5.74, 6) is -1.62. The number of Topliss-reactive ketones (excluding diaryl/α,β-unsaturated/α-hetero) is 1. The number of piperidine rings is 1. The van der Waals surface area contributed by atoms with Gasteiger partial charge in [-0.1, -0.05) is 38.2 Å². The predicted octanol–water partition coefficient (Wildman–Crippen LogP) is 2.35. The highest BCUT2D eigenvalue weighted by atomic mass is 16.6. The van der Waals surface area contributed by atoms with Gasteiger partial charge < -0.3 is 41.0 Å². The molecule has 0 unspecified atom stereocenters. The number of aliphatic hydroxyl groups is 1. The molecule has 0 spiro atoms. The van der Waals surface area contributed by atoms with Gasteiger partial charge in [-0.2, -0.15) is 0 Å². The highest BCUT2D eigenvalue weighted by Gasteiger charge is 2.34. The van der Waals surface area contributed by atoms with Crippen LogP contribution >= 0.6 is 0 Å². The Hall–Kier alpha value is -3.58. The molecule has 1 fully saturated rings. The van der Waals surface area contributed by atoms with Gasteiger partial charge in [0.15, 0.2) is 6.10 Å². The zero-order valence-electron chi connectivity index (χ0n) is 27.8. The first kappa shape index (κ1) is 36.9. The third-order valence-electron chi connectivity index (χ3n) is 8.82. The molecule has 1 aliphatic carbocycles. The normalized spacial score (nSPS) is 32.4. The van der Waals surface area contributed by atoms with Crippen LogP contribution in [0.25, 0.3) is 0 Å². The number of ether oxygens (including phenoxy) is 3. The van der Waals surface area contributed by atoms with E-state index in [1.807, 2.05) is 13.8 Å². The summed E-state index contributed by atoms with van der Waals surface area (Å²) in [7, 11) is 2.95. The smallest absolute Gasteiger partial charge is 0.405 e. The molecule has 2 heterocycles. The van der Waals surface area contributed by atoms with Gasteiger partial charge in [0, 0.05) is 43.9 Å². The lowest BCUT2D eigenvalue weighted by Crippen LogP contribution is -2.39. The Balaban J connectivity index is 2.03. The number of nitrogens with one attached hydrogen (secondary N) is 3. The fourth-order valence-electron chi connectivity index (χ4n) is 6.11. The number of aliphatic hydroxyl groups excluding tert-OH is 1. The van der Waals surface area contributed by atoms with Gasteiger partial charge in [0.1, 0.15) is 6.10 Å². The molecule has 3 aliphatic rings. The van der Waals surface area contributed by atoms with Gasteiger partial charge in [-0.15, -0.1) is 0 Å². The van der Waals surface area contributed by atoms with Crippen LogP contribution in [0, 0.1) is 17.8 Å². The first-order valence-corrected chi connectivity index (χ1v) is 15.9. The molecular weight excluding hydrogens is 592 g/mol. The van der Waals surface area contributed by atoms with E-state index in [9.17, 15) is 24.3 Å². The Morgan fingerprint density at radius 2 is 1.80 bits per heavy atom. The molecule has 0 saturated carbocycles. The fraction of sp³-hybridized carbons (Fsp3) is 0.588. The molecule has 12 nitrogen and oxygen atoms in total. The molecule has 0 aromatic carbocycles. The highest BCUT2D eigenvalue weighted by Crippen LogP contribution is 2.29. The number of rotatable bonds is 6. The average Bonchev–Trinajstić information content (AvgIpc) is 3.02. The minimum absolute atomic E-state index is 0.0966. The van der Waals surface area contributed by atoms with Crippen LogP contribution in [0.4, 0.5) is 4.79 Å². The second kappa shape index (κ2) is 17.4. The lowest BCUT2D eigenvalue weighted by atomic mass is 9.85. The van der Waals surface area contributed by atoms with E-state index >= 15 is 0 Å².